The van der Waals surface area contributed by atoms with Gasteiger partial charge in [-0.05, 0) is 25.1 Å². The minimum absolute atomic E-state index is 0.134. The fraction of sp³-hybridized carbons (Fsp3) is 0.429. The Labute approximate surface area is 137 Å². The van der Waals surface area contributed by atoms with E-state index in [1.54, 1.807) is 12.1 Å². The molecule has 1 aliphatic rings. The Bertz CT molecular complexity index is 628. The van der Waals surface area contributed by atoms with Gasteiger partial charge in [0.1, 0.15) is 0 Å². The summed E-state index contributed by atoms with van der Waals surface area (Å²) in [5, 5.41) is 9.30. The van der Waals surface area contributed by atoms with Crippen molar-refractivity contribution in [2.75, 3.05) is 24.6 Å². The first-order chi connectivity index (χ1) is 10.1. The molecule has 2 heterocycles. The lowest BCUT2D eigenvalue weighted by molar-refractivity contribution is 0.202. The Kier molecular flexibility index (Phi) is 4.74. The van der Waals surface area contributed by atoms with Crippen LogP contribution in [0.25, 0.3) is 11.5 Å². The Balaban J connectivity index is 1.80. The number of hydrogen-bond acceptors (Lipinski definition) is 5. The molecule has 0 saturated carbocycles. The molecule has 1 fully saturated rings. The summed E-state index contributed by atoms with van der Waals surface area (Å²) in [6.07, 6.45) is 0. The van der Waals surface area contributed by atoms with Crippen LogP contribution in [0.2, 0.25) is 10.0 Å². The monoisotopic (exact) mass is 343 g/mol. The molecular weight excluding hydrogens is 329 g/mol. The third-order valence-corrected chi connectivity index (χ3v) is 5.24. The predicted octanol–water partition coefficient (Wildman–Crippen LogP) is 4.15. The fourth-order valence-electron chi connectivity index (χ4n) is 2.27. The van der Waals surface area contributed by atoms with Gasteiger partial charge < -0.3 is 4.42 Å². The number of rotatable bonds is 3. The Morgan fingerprint density at radius 3 is 2.67 bits per heavy atom. The van der Waals surface area contributed by atoms with Crippen LogP contribution in [0.3, 0.4) is 0 Å². The zero-order valence-corrected chi connectivity index (χ0v) is 13.9. The van der Waals surface area contributed by atoms with Gasteiger partial charge in [0.15, 0.2) is 0 Å². The lowest BCUT2D eigenvalue weighted by Gasteiger charge is -2.29. The van der Waals surface area contributed by atoms with E-state index in [4.69, 9.17) is 27.6 Å². The molecule has 1 aromatic carbocycles. The van der Waals surface area contributed by atoms with Crippen molar-refractivity contribution in [2.24, 2.45) is 0 Å². The highest BCUT2D eigenvalue weighted by Gasteiger charge is 2.23. The van der Waals surface area contributed by atoms with Crippen molar-refractivity contribution in [3.63, 3.8) is 0 Å². The summed E-state index contributed by atoms with van der Waals surface area (Å²) >= 11 is 13.9. The van der Waals surface area contributed by atoms with E-state index in [1.807, 2.05) is 17.8 Å². The molecule has 0 amide bonds. The number of aromatic nitrogens is 2. The van der Waals surface area contributed by atoms with Crippen molar-refractivity contribution in [1.82, 2.24) is 15.1 Å². The average Bonchev–Trinajstić information content (AvgIpc) is 3.00. The first kappa shape index (κ1) is 15.2. The number of thioether (sulfide) groups is 1. The van der Waals surface area contributed by atoms with Crippen LogP contribution < -0.4 is 0 Å². The van der Waals surface area contributed by atoms with E-state index in [0.29, 0.717) is 21.8 Å². The summed E-state index contributed by atoms with van der Waals surface area (Å²) in [5.74, 6) is 3.42. The highest BCUT2D eigenvalue weighted by atomic mass is 35.5. The summed E-state index contributed by atoms with van der Waals surface area (Å²) < 4.78 is 5.81. The minimum atomic E-state index is 0.134. The number of benzene rings is 1. The standard InChI is InChI=1S/C14H15Cl2N3OS/c1-9(19-4-6-21-7-5-19)13-17-18-14(20-13)10-2-3-11(15)12(16)8-10/h2-3,8-9H,4-7H2,1H3/t9-/m1/s1. The van der Waals surface area contributed by atoms with Crippen molar-refractivity contribution < 1.29 is 4.42 Å². The number of halogens is 2. The van der Waals surface area contributed by atoms with Crippen molar-refractivity contribution in [2.45, 2.75) is 13.0 Å². The maximum absolute atomic E-state index is 6.02. The zero-order chi connectivity index (χ0) is 14.8. The van der Waals surface area contributed by atoms with E-state index in [1.165, 1.54) is 0 Å². The molecule has 1 atom stereocenters. The van der Waals surface area contributed by atoms with Crippen molar-refractivity contribution in [1.29, 1.82) is 0 Å². The first-order valence-electron chi connectivity index (χ1n) is 6.76. The van der Waals surface area contributed by atoms with Crippen molar-refractivity contribution >= 4 is 35.0 Å². The second-order valence-corrected chi connectivity index (χ2v) is 6.94. The summed E-state index contributed by atoms with van der Waals surface area (Å²) in [4.78, 5) is 2.36. The predicted molar refractivity (Wildman–Crippen MR) is 87.1 cm³/mol. The zero-order valence-electron chi connectivity index (χ0n) is 11.6. The maximum Gasteiger partial charge on any atom is 0.247 e. The van der Waals surface area contributed by atoms with E-state index in [-0.39, 0.29) is 6.04 Å². The van der Waals surface area contributed by atoms with Gasteiger partial charge in [-0.3, -0.25) is 4.90 Å². The molecule has 1 saturated heterocycles. The molecule has 1 aliphatic heterocycles. The van der Waals surface area contributed by atoms with Gasteiger partial charge in [0, 0.05) is 30.2 Å². The molecule has 112 valence electrons. The van der Waals surface area contributed by atoms with Crippen molar-refractivity contribution in [3.8, 4) is 11.5 Å². The molecule has 3 rings (SSSR count). The lowest BCUT2D eigenvalue weighted by Crippen LogP contribution is -2.34. The minimum Gasteiger partial charge on any atom is -0.419 e. The fourth-order valence-corrected chi connectivity index (χ4v) is 3.50. The molecule has 7 heteroatoms. The third-order valence-electron chi connectivity index (χ3n) is 3.56. The highest BCUT2D eigenvalue weighted by Crippen LogP contribution is 2.29. The van der Waals surface area contributed by atoms with Crippen LogP contribution in [0.1, 0.15) is 18.9 Å². The second kappa shape index (κ2) is 6.57. The lowest BCUT2D eigenvalue weighted by atomic mass is 10.2. The van der Waals surface area contributed by atoms with E-state index in [0.717, 1.165) is 30.2 Å². The number of hydrogen-bond donors (Lipinski definition) is 0. The van der Waals surface area contributed by atoms with Crippen LogP contribution in [0.15, 0.2) is 22.6 Å². The van der Waals surface area contributed by atoms with Gasteiger partial charge in [-0.25, -0.2) is 0 Å². The molecule has 2 aromatic rings. The highest BCUT2D eigenvalue weighted by molar-refractivity contribution is 7.99. The maximum atomic E-state index is 6.02. The van der Waals surface area contributed by atoms with Crippen LogP contribution in [-0.2, 0) is 0 Å². The third kappa shape index (κ3) is 3.37. The molecule has 0 bridgehead atoms. The summed E-state index contributed by atoms with van der Waals surface area (Å²) in [6.45, 7) is 4.20. The van der Waals surface area contributed by atoms with Gasteiger partial charge in [-0.2, -0.15) is 11.8 Å². The van der Waals surface area contributed by atoms with Gasteiger partial charge in [0.25, 0.3) is 0 Å². The van der Waals surface area contributed by atoms with Gasteiger partial charge in [-0.15, -0.1) is 10.2 Å². The second-order valence-electron chi connectivity index (χ2n) is 4.90. The molecule has 0 radical (unpaired) electrons. The van der Waals surface area contributed by atoms with Crippen LogP contribution >= 0.6 is 35.0 Å². The van der Waals surface area contributed by atoms with Crippen molar-refractivity contribution in [3.05, 3.63) is 34.1 Å². The summed E-state index contributed by atoms with van der Waals surface area (Å²) in [6, 6.07) is 5.43. The Morgan fingerprint density at radius 1 is 1.19 bits per heavy atom. The molecule has 0 spiro atoms. The van der Waals surface area contributed by atoms with Gasteiger partial charge in [-0.1, -0.05) is 23.2 Å². The van der Waals surface area contributed by atoms with Crippen LogP contribution in [-0.4, -0.2) is 39.7 Å². The summed E-state index contributed by atoms with van der Waals surface area (Å²) in [5.41, 5.74) is 0.782. The average molecular weight is 344 g/mol. The molecule has 1 aromatic heterocycles. The smallest absolute Gasteiger partial charge is 0.247 e. The quantitative estimate of drug-likeness (QED) is 0.837. The Morgan fingerprint density at radius 2 is 1.95 bits per heavy atom. The van der Waals surface area contributed by atoms with E-state index < -0.39 is 0 Å². The SMILES string of the molecule is C[C@H](c1nnc(-c2ccc(Cl)c(Cl)c2)o1)N1CCSCC1. The van der Waals surface area contributed by atoms with E-state index >= 15 is 0 Å². The van der Waals surface area contributed by atoms with Gasteiger partial charge >= 0.3 is 0 Å². The van der Waals surface area contributed by atoms with Gasteiger partial charge in [0.2, 0.25) is 11.8 Å². The van der Waals surface area contributed by atoms with Crippen LogP contribution in [0.5, 0.6) is 0 Å². The van der Waals surface area contributed by atoms with Gasteiger partial charge in [0.05, 0.1) is 16.1 Å². The molecule has 21 heavy (non-hydrogen) atoms. The molecule has 0 N–H and O–H groups in total. The molecule has 0 aliphatic carbocycles. The molecular formula is C14H15Cl2N3OS. The van der Waals surface area contributed by atoms with Crippen LogP contribution in [0, 0.1) is 0 Å². The Hall–Kier alpha value is -0.750. The summed E-state index contributed by atoms with van der Waals surface area (Å²) in [7, 11) is 0. The first-order valence-corrected chi connectivity index (χ1v) is 8.67. The van der Waals surface area contributed by atoms with Crippen LogP contribution in [0.4, 0.5) is 0 Å². The topological polar surface area (TPSA) is 42.2 Å². The van der Waals surface area contributed by atoms with E-state index in [2.05, 4.69) is 22.0 Å². The number of nitrogens with zero attached hydrogens (tertiary/aromatic N) is 3. The largest absolute Gasteiger partial charge is 0.419 e. The normalized spacial score (nSPS) is 17.9. The molecule has 4 nitrogen and oxygen atoms in total. The van der Waals surface area contributed by atoms with E-state index in [9.17, 15) is 0 Å². The molecule has 0 unspecified atom stereocenters.